The summed E-state index contributed by atoms with van der Waals surface area (Å²) in [5, 5.41) is 0. The van der Waals surface area contributed by atoms with E-state index in [9.17, 15) is 4.79 Å². The molecule has 0 aromatic carbocycles. The van der Waals surface area contributed by atoms with Crippen molar-refractivity contribution in [3.05, 3.63) is 72.4 Å². The maximum Gasteiger partial charge on any atom is 0.306 e. The van der Waals surface area contributed by atoms with Gasteiger partial charge in [0.25, 0.3) is 0 Å². The van der Waals surface area contributed by atoms with Crippen molar-refractivity contribution in [1.29, 1.82) is 0 Å². The Morgan fingerprint density at radius 2 is 1.38 bits per heavy atom. The molecule has 3 saturated carbocycles. The molecule has 0 aliphatic heterocycles. The van der Waals surface area contributed by atoms with Gasteiger partial charge in [0, 0.05) is 12.8 Å². The minimum atomic E-state index is 0.0382. The van der Waals surface area contributed by atoms with Crippen molar-refractivity contribution in [1.82, 2.24) is 0 Å². The zero-order chi connectivity index (χ0) is 39.5. The van der Waals surface area contributed by atoms with Gasteiger partial charge >= 0.3 is 5.97 Å². The Bertz CT molecular complexity index is 1290. The summed E-state index contributed by atoms with van der Waals surface area (Å²) in [6, 6.07) is 0. The normalized spacial score (nSPS) is 30.8. The molecule has 9 atom stereocenters. The number of fused-ring (bicyclic) bond motifs is 5. The van der Waals surface area contributed by atoms with E-state index in [2.05, 4.69) is 115 Å². The van der Waals surface area contributed by atoms with Crippen LogP contribution in [0.5, 0.6) is 0 Å². The first kappa shape index (κ1) is 45.6. The number of allylic oxidation sites excluding steroid dienone is 11. The molecule has 4 rings (SSSR count). The molecule has 4 aliphatic rings. The molecule has 3 fully saturated rings. The highest BCUT2D eigenvalue weighted by atomic mass is 16.5. The van der Waals surface area contributed by atoms with E-state index in [0.29, 0.717) is 29.1 Å². The lowest BCUT2D eigenvalue weighted by Gasteiger charge is -2.58. The summed E-state index contributed by atoms with van der Waals surface area (Å²) < 4.78 is 6.15. The van der Waals surface area contributed by atoms with Crippen molar-refractivity contribution >= 4 is 5.97 Å². The van der Waals surface area contributed by atoms with Crippen LogP contribution in [0, 0.1) is 52.3 Å². The lowest BCUT2D eigenvalue weighted by atomic mass is 9.47. The molecule has 0 aromatic heterocycles. The highest BCUT2D eigenvalue weighted by Gasteiger charge is 2.59. The summed E-state index contributed by atoms with van der Waals surface area (Å²) in [4.78, 5) is 12.9. The van der Waals surface area contributed by atoms with Crippen molar-refractivity contribution in [2.75, 3.05) is 0 Å². The summed E-state index contributed by atoms with van der Waals surface area (Å²) in [5.41, 5.74) is 2.41. The molecule has 2 nitrogen and oxygen atoms in total. The van der Waals surface area contributed by atoms with Gasteiger partial charge in [-0.2, -0.15) is 0 Å². The van der Waals surface area contributed by atoms with Gasteiger partial charge in [0.05, 0.1) is 0 Å². The Balaban J connectivity index is 1.07. The molecule has 0 amide bonds. The molecule has 0 spiro atoms. The summed E-state index contributed by atoms with van der Waals surface area (Å²) in [6.07, 6.45) is 53.4. The monoisotopic (exact) mass is 755 g/mol. The van der Waals surface area contributed by atoms with E-state index in [1.54, 1.807) is 5.57 Å². The second-order valence-electron chi connectivity index (χ2n) is 19.3. The molecule has 0 heterocycles. The number of hydrogen-bond acceptors (Lipinski definition) is 2. The predicted octanol–water partition coefficient (Wildman–Crippen LogP) is 16.1. The van der Waals surface area contributed by atoms with Crippen LogP contribution in [0.1, 0.15) is 196 Å². The average Bonchev–Trinajstić information content (AvgIpc) is 3.53. The first-order chi connectivity index (χ1) is 26.6. The third kappa shape index (κ3) is 13.5. The minimum Gasteiger partial charge on any atom is -0.462 e. The molecule has 0 aromatic rings. The van der Waals surface area contributed by atoms with Crippen LogP contribution in [0.25, 0.3) is 0 Å². The van der Waals surface area contributed by atoms with E-state index in [0.717, 1.165) is 81.0 Å². The maximum absolute atomic E-state index is 12.9. The second-order valence-corrected chi connectivity index (χ2v) is 19.3. The number of ether oxygens (including phenoxy) is 1. The van der Waals surface area contributed by atoms with Gasteiger partial charge in [-0.3, -0.25) is 4.79 Å². The number of rotatable bonds is 24. The number of esters is 1. The van der Waals surface area contributed by atoms with E-state index in [1.165, 1.54) is 89.9 Å². The Kier molecular flexibility index (Phi) is 19.9. The number of hydrogen-bond donors (Lipinski definition) is 0. The smallest absolute Gasteiger partial charge is 0.306 e. The molecule has 55 heavy (non-hydrogen) atoms. The van der Waals surface area contributed by atoms with Crippen molar-refractivity contribution in [2.24, 2.45) is 52.3 Å². The van der Waals surface area contributed by atoms with Crippen LogP contribution < -0.4 is 0 Å². The Hall–Kier alpha value is -2.09. The number of carbonyl (C=O) groups is 1. The minimum absolute atomic E-state index is 0.0382. The molecule has 2 heteroatoms. The quantitative estimate of drug-likeness (QED) is 0.0557. The van der Waals surface area contributed by atoms with Crippen LogP contribution in [0.4, 0.5) is 0 Å². The van der Waals surface area contributed by atoms with Crippen molar-refractivity contribution < 1.29 is 9.53 Å². The van der Waals surface area contributed by atoms with Crippen LogP contribution in [-0.2, 0) is 9.53 Å². The molecule has 9 unspecified atom stereocenters. The van der Waals surface area contributed by atoms with E-state index in [4.69, 9.17) is 4.74 Å². The largest absolute Gasteiger partial charge is 0.462 e. The van der Waals surface area contributed by atoms with Crippen molar-refractivity contribution in [3.63, 3.8) is 0 Å². The van der Waals surface area contributed by atoms with E-state index >= 15 is 0 Å². The fraction of sp³-hybridized carbons (Fsp3) is 0.755. The molecular weight excluding hydrogens is 669 g/mol. The molecule has 0 N–H and O–H groups in total. The van der Waals surface area contributed by atoms with Crippen LogP contribution in [0.3, 0.4) is 0 Å². The van der Waals surface area contributed by atoms with E-state index in [-0.39, 0.29) is 12.1 Å². The highest BCUT2D eigenvalue weighted by Crippen LogP contribution is 2.67. The third-order valence-corrected chi connectivity index (χ3v) is 15.3. The van der Waals surface area contributed by atoms with Gasteiger partial charge < -0.3 is 4.74 Å². The lowest BCUT2D eigenvalue weighted by Crippen LogP contribution is -2.51. The van der Waals surface area contributed by atoms with Gasteiger partial charge in [-0.05, 0) is 155 Å². The highest BCUT2D eigenvalue weighted by molar-refractivity contribution is 5.69. The molecule has 0 bridgehead atoms. The molecule has 4 aliphatic carbocycles. The molecule has 0 saturated heterocycles. The molecule has 310 valence electrons. The van der Waals surface area contributed by atoms with Gasteiger partial charge in [-0.25, -0.2) is 0 Å². The number of carbonyl (C=O) groups excluding carboxylic acids is 1. The fourth-order valence-corrected chi connectivity index (χ4v) is 11.8. The van der Waals surface area contributed by atoms with Crippen LogP contribution in [0.15, 0.2) is 72.4 Å². The Morgan fingerprint density at radius 3 is 2.04 bits per heavy atom. The summed E-state index contributed by atoms with van der Waals surface area (Å²) in [6.45, 7) is 17.1. The van der Waals surface area contributed by atoms with Gasteiger partial charge in [0.15, 0.2) is 0 Å². The van der Waals surface area contributed by atoms with Crippen molar-refractivity contribution in [2.45, 2.75) is 202 Å². The molecule has 0 radical (unpaired) electrons. The van der Waals surface area contributed by atoms with E-state index < -0.39 is 0 Å². The number of unbranched alkanes of at least 4 members (excludes halogenated alkanes) is 8. The summed E-state index contributed by atoms with van der Waals surface area (Å²) in [5.74, 6) is 5.48. The van der Waals surface area contributed by atoms with Crippen LogP contribution in [-0.4, -0.2) is 12.1 Å². The summed E-state index contributed by atoms with van der Waals surface area (Å²) in [7, 11) is 0. The first-order valence-electron chi connectivity index (χ1n) is 23.8. The first-order valence-corrected chi connectivity index (χ1v) is 23.8. The second kappa shape index (κ2) is 24.0. The topological polar surface area (TPSA) is 26.3 Å². The summed E-state index contributed by atoms with van der Waals surface area (Å²) >= 11 is 0. The van der Waals surface area contributed by atoms with Gasteiger partial charge in [0.1, 0.15) is 6.10 Å². The van der Waals surface area contributed by atoms with E-state index in [1.807, 2.05) is 0 Å². The zero-order valence-electron chi connectivity index (χ0n) is 37.0. The SMILES string of the molecule is CCCCC/C=C\C/C=C\C/C=C\C/C=C\CCCCCCCC(=O)OC1CCC2(C)C(=CCC3C2CCC2(C)C(C(C)/C=C/C(CC)C(C)C)CCC32)C1. The average molecular weight is 755 g/mol. The molecular formula is C53H86O2. The van der Waals surface area contributed by atoms with Gasteiger partial charge in [0.2, 0.25) is 0 Å². The van der Waals surface area contributed by atoms with Gasteiger partial charge in [-0.1, -0.05) is 153 Å². The lowest BCUT2D eigenvalue weighted by molar-refractivity contribution is -0.151. The van der Waals surface area contributed by atoms with Crippen LogP contribution >= 0.6 is 0 Å². The predicted molar refractivity (Wildman–Crippen MR) is 239 cm³/mol. The Morgan fingerprint density at radius 1 is 0.745 bits per heavy atom. The Labute approximate surface area is 341 Å². The van der Waals surface area contributed by atoms with Gasteiger partial charge in [-0.15, -0.1) is 0 Å². The maximum atomic E-state index is 12.9. The van der Waals surface area contributed by atoms with Crippen molar-refractivity contribution in [3.8, 4) is 0 Å². The third-order valence-electron chi connectivity index (χ3n) is 15.3. The fourth-order valence-electron chi connectivity index (χ4n) is 11.8. The zero-order valence-corrected chi connectivity index (χ0v) is 37.0. The van der Waals surface area contributed by atoms with Crippen LogP contribution in [0.2, 0.25) is 0 Å². The standard InChI is InChI=1S/C53H86O2/c1-8-10-11-12-13-14-15-16-17-18-19-20-21-22-23-24-25-26-27-28-29-30-51(54)55-46-37-39-52(6)45(41-46)33-34-47-49-36-35-48(53(49,7)40-38-50(47)52)43(5)31-32-44(9-2)42(3)4/h13-14,16-17,19-20,22-23,31-33,42-44,46-50H,8-12,15,18,21,24-30,34-41H2,1-7H3/b14-13-,17-16-,20-19-,23-22-,32-31+.